The van der Waals surface area contributed by atoms with Gasteiger partial charge in [-0.2, -0.15) is 0 Å². The fraction of sp³-hybridized carbons (Fsp3) is 0.250. The fourth-order valence-electron chi connectivity index (χ4n) is 4.73. The second-order valence-corrected chi connectivity index (χ2v) is 8.84. The summed E-state index contributed by atoms with van der Waals surface area (Å²) in [5, 5.41) is 0. The molecule has 1 amide bonds. The van der Waals surface area contributed by atoms with Crippen molar-refractivity contribution in [1.82, 2.24) is 9.55 Å². The quantitative estimate of drug-likeness (QED) is 0.310. The number of esters is 1. The summed E-state index contributed by atoms with van der Waals surface area (Å²) in [5.74, 6) is -1.34. The molecule has 0 N–H and O–H groups in total. The molecule has 3 aromatic carbocycles. The number of nitrogens with zero attached hydrogens (tertiary/aromatic N) is 4. The van der Waals surface area contributed by atoms with E-state index in [4.69, 9.17) is 9.72 Å². The molecule has 0 fully saturated rings. The Kier molecular flexibility index (Phi) is 5.99. The van der Waals surface area contributed by atoms with E-state index in [1.165, 1.54) is 0 Å². The minimum Gasteiger partial charge on any atom is -0.465 e. The van der Waals surface area contributed by atoms with Crippen LogP contribution in [-0.2, 0) is 20.9 Å². The van der Waals surface area contributed by atoms with Gasteiger partial charge in [0.1, 0.15) is 0 Å². The maximum atomic E-state index is 14.0. The monoisotopic (exact) mass is 468 g/mol. The molecule has 2 atom stereocenters. The van der Waals surface area contributed by atoms with Crippen LogP contribution in [0.15, 0.2) is 78.9 Å². The predicted octanol–water partition coefficient (Wildman–Crippen LogP) is 4.42. The molecule has 7 nitrogen and oxygen atoms in total. The van der Waals surface area contributed by atoms with Gasteiger partial charge in [-0.1, -0.05) is 54.6 Å². The number of carbonyl (C=O) groups is 2. The number of amides is 1. The van der Waals surface area contributed by atoms with Crippen LogP contribution in [-0.4, -0.2) is 42.1 Å². The lowest BCUT2D eigenvalue weighted by Gasteiger charge is -2.38. The third-order valence-corrected chi connectivity index (χ3v) is 6.42. The predicted molar refractivity (Wildman–Crippen MR) is 136 cm³/mol. The normalized spacial score (nSPS) is 17.3. The SMILES string of the molecule is CCOC(=O)[C@@H]1C(=O)N(Cc2ccccc2)c2nc3ccccc3n2[C@H]1c1ccc(N(C)C)cc1. The number of anilines is 2. The lowest BCUT2D eigenvalue weighted by Crippen LogP contribution is -2.49. The number of imidazole rings is 1. The number of rotatable bonds is 6. The molecule has 5 rings (SSSR count). The molecule has 1 aliphatic heterocycles. The highest BCUT2D eigenvalue weighted by Gasteiger charge is 2.47. The van der Waals surface area contributed by atoms with E-state index in [0.717, 1.165) is 27.8 Å². The minimum absolute atomic E-state index is 0.200. The molecule has 35 heavy (non-hydrogen) atoms. The second-order valence-electron chi connectivity index (χ2n) is 8.84. The van der Waals surface area contributed by atoms with Crippen molar-refractivity contribution in [3.63, 3.8) is 0 Å². The third-order valence-electron chi connectivity index (χ3n) is 6.42. The van der Waals surface area contributed by atoms with Crippen LogP contribution in [0.5, 0.6) is 0 Å². The van der Waals surface area contributed by atoms with Crippen molar-refractivity contribution in [2.24, 2.45) is 5.92 Å². The lowest BCUT2D eigenvalue weighted by molar-refractivity contribution is -0.153. The molecular formula is C28H28N4O3. The van der Waals surface area contributed by atoms with Crippen molar-refractivity contribution in [1.29, 1.82) is 0 Å². The highest BCUT2D eigenvalue weighted by molar-refractivity contribution is 6.08. The first-order valence-corrected chi connectivity index (χ1v) is 11.8. The van der Waals surface area contributed by atoms with Crippen LogP contribution in [0.1, 0.15) is 24.1 Å². The maximum absolute atomic E-state index is 14.0. The largest absolute Gasteiger partial charge is 0.465 e. The molecule has 0 radical (unpaired) electrons. The van der Waals surface area contributed by atoms with Gasteiger partial charge in [-0.3, -0.25) is 14.5 Å². The van der Waals surface area contributed by atoms with E-state index in [0.29, 0.717) is 12.5 Å². The summed E-state index contributed by atoms with van der Waals surface area (Å²) in [5.41, 5.74) is 4.48. The lowest BCUT2D eigenvalue weighted by atomic mass is 9.89. The molecule has 0 spiro atoms. The Hall–Kier alpha value is -4.13. The van der Waals surface area contributed by atoms with Gasteiger partial charge in [0.2, 0.25) is 11.9 Å². The Bertz CT molecular complexity index is 1360. The number of fused-ring (bicyclic) bond motifs is 3. The zero-order valence-corrected chi connectivity index (χ0v) is 20.1. The Morgan fingerprint density at radius 1 is 0.971 bits per heavy atom. The molecule has 1 aliphatic rings. The summed E-state index contributed by atoms with van der Waals surface area (Å²) in [6, 6.07) is 24.9. The standard InChI is InChI=1S/C28H28N4O3/c1-4-35-27(34)24-25(20-14-16-21(17-15-20)30(2)3)32-23-13-9-8-12-22(23)29-28(32)31(26(24)33)18-19-10-6-5-7-11-19/h5-17,24-25H,4,18H2,1-3H3/t24-,25-/m0/s1. The number of aromatic nitrogens is 2. The minimum atomic E-state index is -1.03. The van der Waals surface area contributed by atoms with E-state index in [1.54, 1.807) is 11.8 Å². The van der Waals surface area contributed by atoms with Crippen molar-refractivity contribution < 1.29 is 14.3 Å². The first kappa shape index (κ1) is 22.7. The molecule has 0 saturated heterocycles. The summed E-state index contributed by atoms with van der Waals surface area (Å²) in [6.45, 7) is 2.27. The summed E-state index contributed by atoms with van der Waals surface area (Å²) < 4.78 is 7.46. The molecule has 1 aromatic heterocycles. The van der Waals surface area contributed by atoms with Crippen LogP contribution in [0, 0.1) is 5.92 Å². The summed E-state index contributed by atoms with van der Waals surface area (Å²) in [7, 11) is 3.95. The molecule has 178 valence electrons. The summed E-state index contributed by atoms with van der Waals surface area (Å²) in [4.78, 5) is 35.8. The number of ether oxygens (including phenoxy) is 1. The maximum Gasteiger partial charge on any atom is 0.321 e. The average molecular weight is 469 g/mol. The Balaban J connectivity index is 1.72. The van der Waals surface area contributed by atoms with Crippen molar-refractivity contribution in [2.75, 3.05) is 30.5 Å². The Morgan fingerprint density at radius 2 is 1.66 bits per heavy atom. The van der Waals surface area contributed by atoms with Crippen LogP contribution in [0.4, 0.5) is 11.6 Å². The van der Waals surface area contributed by atoms with Crippen LogP contribution in [0.2, 0.25) is 0 Å². The van der Waals surface area contributed by atoms with E-state index >= 15 is 0 Å². The van der Waals surface area contributed by atoms with Crippen molar-refractivity contribution >= 4 is 34.5 Å². The zero-order chi connectivity index (χ0) is 24.5. The molecule has 7 heteroatoms. The number of carbonyl (C=O) groups excluding carboxylic acids is 2. The van der Waals surface area contributed by atoms with Crippen molar-refractivity contribution in [3.8, 4) is 0 Å². The molecule has 4 aromatic rings. The fourth-order valence-corrected chi connectivity index (χ4v) is 4.73. The summed E-state index contributed by atoms with van der Waals surface area (Å²) >= 11 is 0. The van der Waals surface area contributed by atoms with Gasteiger partial charge in [0.05, 0.1) is 30.2 Å². The second kappa shape index (κ2) is 9.25. The molecule has 0 bridgehead atoms. The van der Waals surface area contributed by atoms with E-state index in [-0.39, 0.29) is 12.5 Å². The van der Waals surface area contributed by atoms with Gasteiger partial charge in [-0.25, -0.2) is 4.98 Å². The van der Waals surface area contributed by atoms with Crippen LogP contribution >= 0.6 is 0 Å². The van der Waals surface area contributed by atoms with E-state index in [2.05, 4.69) is 0 Å². The highest BCUT2D eigenvalue weighted by atomic mass is 16.5. The van der Waals surface area contributed by atoms with Gasteiger partial charge >= 0.3 is 5.97 Å². The van der Waals surface area contributed by atoms with E-state index in [9.17, 15) is 9.59 Å². The number of benzene rings is 3. The first-order valence-electron chi connectivity index (χ1n) is 11.8. The Morgan fingerprint density at radius 3 is 2.34 bits per heavy atom. The smallest absolute Gasteiger partial charge is 0.321 e. The van der Waals surface area contributed by atoms with Crippen LogP contribution < -0.4 is 9.80 Å². The topological polar surface area (TPSA) is 67.7 Å². The number of para-hydroxylation sites is 2. The zero-order valence-electron chi connectivity index (χ0n) is 20.1. The van der Waals surface area contributed by atoms with Crippen LogP contribution in [0.25, 0.3) is 11.0 Å². The van der Waals surface area contributed by atoms with E-state index < -0.39 is 17.9 Å². The van der Waals surface area contributed by atoms with Gasteiger partial charge in [0.15, 0.2) is 5.92 Å². The average Bonchev–Trinajstić information content (AvgIpc) is 3.25. The van der Waals surface area contributed by atoms with E-state index in [1.807, 2.05) is 102 Å². The van der Waals surface area contributed by atoms with Gasteiger partial charge < -0.3 is 14.2 Å². The molecule has 0 saturated carbocycles. The van der Waals surface area contributed by atoms with Gasteiger partial charge in [-0.15, -0.1) is 0 Å². The Labute approximate surface area is 204 Å². The summed E-state index contributed by atoms with van der Waals surface area (Å²) in [6.07, 6.45) is 0. The number of hydrogen-bond donors (Lipinski definition) is 0. The number of hydrogen-bond acceptors (Lipinski definition) is 5. The van der Waals surface area contributed by atoms with Gasteiger partial charge in [0, 0.05) is 19.8 Å². The van der Waals surface area contributed by atoms with Crippen molar-refractivity contribution in [2.45, 2.75) is 19.5 Å². The molecular weight excluding hydrogens is 440 g/mol. The molecule has 0 unspecified atom stereocenters. The first-order chi connectivity index (χ1) is 17.0. The molecule has 0 aliphatic carbocycles. The van der Waals surface area contributed by atoms with Gasteiger partial charge in [-0.05, 0) is 42.3 Å². The van der Waals surface area contributed by atoms with Crippen LogP contribution in [0.3, 0.4) is 0 Å². The van der Waals surface area contributed by atoms with Gasteiger partial charge in [0.25, 0.3) is 0 Å². The molecule has 2 heterocycles. The third kappa shape index (κ3) is 4.03. The van der Waals surface area contributed by atoms with Crippen molar-refractivity contribution in [3.05, 3.63) is 90.0 Å². The highest BCUT2D eigenvalue weighted by Crippen LogP contribution is 2.42.